The smallest absolute Gasteiger partial charge is 0.145 e. The first-order valence-corrected chi connectivity index (χ1v) is 29.2. The van der Waals surface area contributed by atoms with Crippen molar-refractivity contribution in [2.24, 2.45) is 0 Å². The van der Waals surface area contributed by atoms with E-state index in [0.29, 0.717) is 0 Å². The van der Waals surface area contributed by atoms with E-state index in [4.69, 9.17) is 14.4 Å². The molecule has 0 amide bonds. The maximum Gasteiger partial charge on any atom is 0.145 e. The number of nitrogens with zero attached hydrogens (tertiary/aromatic N) is 5. The molecule has 11 aromatic carbocycles. The Kier molecular flexibility index (Phi) is 8.85. The van der Waals surface area contributed by atoms with Gasteiger partial charge in [-0.15, -0.1) is 0 Å². The molecule has 2 aliphatic carbocycles. The summed E-state index contributed by atoms with van der Waals surface area (Å²) in [5.74, 6) is 0. The molecule has 6 heterocycles. The number of hydrogen-bond acceptors (Lipinski definition) is 3. The summed E-state index contributed by atoms with van der Waals surface area (Å²) in [4.78, 5) is 9.87. The van der Waals surface area contributed by atoms with Gasteiger partial charge in [0.05, 0.1) is 39.5 Å². The monoisotopic (exact) mass is 1070 g/mol. The van der Waals surface area contributed by atoms with Crippen LogP contribution in [0, 0.1) is 0 Å². The fraction of sp³-hybridized carbons (Fsp3) is 0.0769. The molecule has 0 radical (unpaired) electrons. The molecule has 394 valence electrons. The van der Waals surface area contributed by atoms with Gasteiger partial charge in [0.1, 0.15) is 16.8 Å². The Morgan fingerprint density at radius 1 is 0.333 bits per heavy atom. The van der Waals surface area contributed by atoms with Gasteiger partial charge in [0.15, 0.2) is 0 Å². The minimum absolute atomic E-state index is 0.157. The van der Waals surface area contributed by atoms with Crippen molar-refractivity contribution < 1.29 is 4.42 Å². The van der Waals surface area contributed by atoms with Gasteiger partial charge in [-0.1, -0.05) is 149 Å². The third-order valence-electron chi connectivity index (χ3n) is 19.5. The number of furan rings is 1. The lowest BCUT2D eigenvalue weighted by atomic mass is 9.68. The summed E-state index contributed by atoms with van der Waals surface area (Å²) in [6.45, 7) is 9.53. The highest BCUT2D eigenvalue weighted by atomic mass is 16.3. The zero-order chi connectivity index (χ0) is 55.5. The predicted molar refractivity (Wildman–Crippen MR) is 348 cm³/mol. The van der Waals surface area contributed by atoms with Gasteiger partial charge >= 0.3 is 0 Å². The highest BCUT2D eigenvalue weighted by Crippen LogP contribution is 2.54. The largest absolute Gasteiger partial charge is 0.456 e. The zero-order valence-corrected chi connectivity index (χ0v) is 46.7. The number of benzene rings is 11. The molecule has 0 bridgehead atoms. The molecule has 0 saturated carbocycles. The number of fused-ring (bicyclic) bond motifs is 18. The van der Waals surface area contributed by atoms with E-state index in [1.807, 2.05) is 30.7 Å². The third kappa shape index (κ3) is 5.88. The van der Waals surface area contributed by atoms with Crippen LogP contribution in [0.3, 0.4) is 0 Å². The summed E-state index contributed by atoms with van der Waals surface area (Å²) < 4.78 is 13.8. The highest BCUT2D eigenvalue weighted by Gasteiger charge is 2.37. The first kappa shape index (κ1) is 46.1. The van der Waals surface area contributed by atoms with Crippen LogP contribution in [0.2, 0.25) is 0 Å². The van der Waals surface area contributed by atoms with Gasteiger partial charge in [-0.05, 0) is 157 Å². The first-order valence-electron chi connectivity index (χ1n) is 29.2. The number of hydrogen-bond donors (Lipinski definition) is 0. The van der Waals surface area contributed by atoms with Crippen molar-refractivity contribution in [3.8, 4) is 50.4 Å². The average molecular weight is 1070 g/mol. The third-order valence-corrected chi connectivity index (χ3v) is 19.5. The molecule has 6 aromatic heterocycles. The molecule has 0 fully saturated rings. The van der Waals surface area contributed by atoms with Crippen LogP contribution in [-0.4, -0.2) is 23.7 Å². The zero-order valence-electron chi connectivity index (χ0n) is 46.7. The highest BCUT2D eigenvalue weighted by molar-refractivity contribution is 6.25. The van der Waals surface area contributed by atoms with Gasteiger partial charge in [0.25, 0.3) is 0 Å². The van der Waals surface area contributed by atoms with Crippen molar-refractivity contribution in [2.75, 3.05) is 0 Å². The van der Waals surface area contributed by atoms with E-state index < -0.39 is 0 Å². The molecule has 0 spiro atoms. The van der Waals surface area contributed by atoms with E-state index in [0.717, 1.165) is 72.1 Å². The molecule has 0 atom stereocenters. The Morgan fingerprint density at radius 3 is 1.79 bits per heavy atom. The van der Waals surface area contributed by atoms with Gasteiger partial charge in [0, 0.05) is 94.5 Å². The van der Waals surface area contributed by atoms with Crippen molar-refractivity contribution >= 4 is 109 Å². The molecule has 84 heavy (non-hydrogen) atoms. The Bertz CT molecular complexity index is 5820. The molecule has 17 aromatic rings. The van der Waals surface area contributed by atoms with E-state index in [1.165, 1.54) is 110 Å². The van der Waals surface area contributed by atoms with Gasteiger partial charge in [-0.2, -0.15) is 0 Å². The SMILES string of the molecule is CC1(C)c2ccccc2-c2cc3c4ccncc4n(-c4ccc5c(c4)c4ccccc4n5-c4cccc(-c5ccc6c(c5)-c5cc7c8cccnc8n(-c8ccc9c(c8)oc8ccccc89)c7c7cccc(c57)C6(C)C)c4)c3c3cccc1c23. The number of rotatable bonds is 4. The first-order chi connectivity index (χ1) is 41.2. The van der Waals surface area contributed by atoms with Gasteiger partial charge in [-0.3, -0.25) is 9.55 Å². The second kappa shape index (κ2) is 16.1. The molecule has 0 aliphatic heterocycles. The average Bonchev–Trinajstić information content (AvgIpc) is 1.59. The summed E-state index contributed by atoms with van der Waals surface area (Å²) in [6, 6.07) is 81.4. The van der Waals surface area contributed by atoms with Crippen molar-refractivity contribution in [3.05, 3.63) is 259 Å². The van der Waals surface area contributed by atoms with Crippen LogP contribution in [0.5, 0.6) is 0 Å². The van der Waals surface area contributed by atoms with E-state index in [-0.39, 0.29) is 10.8 Å². The minimum atomic E-state index is -0.272. The molecule has 0 saturated heterocycles. The minimum Gasteiger partial charge on any atom is -0.456 e. The molecule has 6 heteroatoms. The van der Waals surface area contributed by atoms with Gasteiger partial charge in [0.2, 0.25) is 0 Å². The summed E-state index contributed by atoms with van der Waals surface area (Å²) in [5.41, 5.74) is 24.1. The number of aromatic nitrogens is 5. The number of pyridine rings is 2. The molecule has 2 aliphatic rings. The van der Waals surface area contributed by atoms with Crippen molar-refractivity contribution in [3.63, 3.8) is 0 Å². The quantitative estimate of drug-likeness (QED) is 0.176. The van der Waals surface area contributed by atoms with Crippen molar-refractivity contribution in [1.82, 2.24) is 23.7 Å². The summed E-state index contributed by atoms with van der Waals surface area (Å²) in [7, 11) is 0. The van der Waals surface area contributed by atoms with Crippen LogP contribution in [0.15, 0.2) is 241 Å². The maximum atomic E-state index is 6.48. The maximum absolute atomic E-state index is 6.48. The van der Waals surface area contributed by atoms with Crippen molar-refractivity contribution in [1.29, 1.82) is 0 Å². The second-order valence-corrected chi connectivity index (χ2v) is 24.5. The normalized spacial score (nSPS) is 14.1. The topological polar surface area (TPSA) is 53.7 Å². The standard InChI is InChI=1S/C78H51N5O/c1-77(2)63-23-8-5-17-49(63)59-41-61-51-34-36-79-43-69(51)82(74(61)55-20-12-24-65(77)72(55)59)47-30-33-68-58(39-47)50-18-6-9-26-67(50)81(68)46-16-11-15-44(37-46)45-28-32-64-57(38-45)60-42-62-54-22-14-35-80-76(54)83(75(62)56-21-13-25-66(73(56)60)78(64,3)4)48-29-31-53-52-19-7-10-27-70(52)84-71(53)40-48/h5-43H,1-4H3. The summed E-state index contributed by atoms with van der Waals surface area (Å²) in [6.07, 6.45) is 5.89. The van der Waals surface area contributed by atoms with E-state index in [9.17, 15) is 0 Å². The lowest BCUT2D eigenvalue weighted by molar-refractivity contribution is 0.645. The molecular formula is C78H51N5O. The van der Waals surface area contributed by atoms with Crippen molar-refractivity contribution in [2.45, 2.75) is 38.5 Å². The molecule has 0 unspecified atom stereocenters. The Balaban J connectivity index is 0.774. The Labute approximate surface area is 482 Å². The van der Waals surface area contributed by atoms with Crippen LogP contribution < -0.4 is 0 Å². The van der Waals surface area contributed by atoms with Crippen LogP contribution in [-0.2, 0) is 10.8 Å². The summed E-state index contributed by atoms with van der Waals surface area (Å²) in [5, 5.41) is 14.5. The predicted octanol–water partition coefficient (Wildman–Crippen LogP) is 20.3. The fourth-order valence-electron chi connectivity index (χ4n) is 15.7. The van der Waals surface area contributed by atoms with Crippen LogP contribution in [0.4, 0.5) is 0 Å². The Hall–Kier alpha value is -10.6. The molecule has 19 rings (SSSR count). The number of para-hydroxylation sites is 2. The Morgan fingerprint density at radius 2 is 0.940 bits per heavy atom. The van der Waals surface area contributed by atoms with E-state index in [1.54, 1.807) is 0 Å². The second-order valence-electron chi connectivity index (χ2n) is 24.5. The van der Waals surface area contributed by atoms with E-state index >= 15 is 0 Å². The fourth-order valence-corrected chi connectivity index (χ4v) is 15.7. The van der Waals surface area contributed by atoms with Gasteiger partial charge in [-0.25, -0.2) is 4.98 Å². The lowest BCUT2D eigenvalue weighted by Gasteiger charge is -2.35. The van der Waals surface area contributed by atoms with E-state index in [2.05, 4.69) is 248 Å². The lowest BCUT2D eigenvalue weighted by Crippen LogP contribution is -2.23. The van der Waals surface area contributed by atoms with Gasteiger partial charge < -0.3 is 13.6 Å². The van der Waals surface area contributed by atoms with Crippen LogP contribution >= 0.6 is 0 Å². The molecule has 0 N–H and O–H groups in total. The summed E-state index contributed by atoms with van der Waals surface area (Å²) >= 11 is 0. The molecular weight excluding hydrogens is 1020 g/mol. The molecule has 6 nitrogen and oxygen atoms in total. The van der Waals surface area contributed by atoms with Crippen LogP contribution in [0.1, 0.15) is 49.9 Å². The van der Waals surface area contributed by atoms with Crippen LogP contribution in [0.25, 0.3) is 159 Å².